The van der Waals surface area contributed by atoms with Crippen molar-refractivity contribution in [3.63, 3.8) is 0 Å². The van der Waals surface area contributed by atoms with Crippen molar-refractivity contribution in [3.05, 3.63) is 120 Å². The lowest BCUT2D eigenvalue weighted by Gasteiger charge is -2.21. The van der Waals surface area contributed by atoms with E-state index < -0.39 is 6.09 Å². The van der Waals surface area contributed by atoms with Crippen molar-refractivity contribution in [1.82, 2.24) is 19.9 Å². The van der Waals surface area contributed by atoms with Crippen LogP contribution in [-0.2, 0) is 46.9 Å². The van der Waals surface area contributed by atoms with Crippen LogP contribution in [0.3, 0.4) is 0 Å². The van der Waals surface area contributed by atoms with Crippen molar-refractivity contribution in [2.75, 3.05) is 18.5 Å². The van der Waals surface area contributed by atoms with E-state index in [4.69, 9.17) is 15.2 Å². The average Bonchev–Trinajstić information content (AvgIpc) is 2.96. The van der Waals surface area contributed by atoms with E-state index in [9.17, 15) is 9.59 Å². The van der Waals surface area contributed by atoms with Gasteiger partial charge in [0.1, 0.15) is 6.61 Å². The van der Waals surface area contributed by atoms with E-state index in [1.165, 1.54) is 0 Å². The number of nitrogens with one attached hydrogen (secondary N) is 1. The molecule has 1 aromatic carbocycles. The molecule has 3 heterocycles. The molecule has 4 rings (SSSR count). The number of nitrogens with zero attached hydrogens (tertiary/aromatic N) is 4. The van der Waals surface area contributed by atoms with Crippen LogP contribution in [-0.4, -0.2) is 45.1 Å². The molecule has 4 aromatic rings. The smallest absolute Gasteiger partial charge is 0.404 e. The molecule has 0 atom stereocenters. The number of pyridine rings is 3. The maximum absolute atomic E-state index is 12.3. The van der Waals surface area contributed by atoms with Crippen molar-refractivity contribution in [3.8, 4) is 0 Å². The fraction of sp³-hybridized carbons (Fsp3) is 0.233. The highest BCUT2D eigenvalue weighted by Gasteiger charge is 2.11. The van der Waals surface area contributed by atoms with Crippen LogP contribution in [0.5, 0.6) is 0 Å². The largest absolute Gasteiger partial charge is 0.449 e. The monoisotopic (exact) mass is 540 g/mol. The maximum Gasteiger partial charge on any atom is 0.404 e. The number of carbonyl (C=O) groups is 2. The number of benzene rings is 1. The van der Waals surface area contributed by atoms with Crippen LogP contribution in [0, 0.1) is 0 Å². The van der Waals surface area contributed by atoms with Crippen molar-refractivity contribution in [1.29, 1.82) is 0 Å². The zero-order chi connectivity index (χ0) is 28.0. The first kappa shape index (κ1) is 28.3. The third-order valence-electron chi connectivity index (χ3n) is 5.87. The zero-order valence-corrected chi connectivity index (χ0v) is 22.1. The van der Waals surface area contributed by atoms with Gasteiger partial charge in [0.15, 0.2) is 0 Å². The molecule has 3 N–H and O–H groups in total. The van der Waals surface area contributed by atoms with Gasteiger partial charge in [-0.1, -0.05) is 30.3 Å². The number of ether oxygens (including phenoxy) is 2. The van der Waals surface area contributed by atoms with Crippen LogP contribution < -0.4 is 11.1 Å². The molecule has 10 heteroatoms. The van der Waals surface area contributed by atoms with E-state index >= 15 is 0 Å². The second-order valence-electron chi connectivity index (χ2n) is 9.10. The number of carbonyl (C=O) groups excluding carboxylic acids is 2. The minimum Gasteiger partial charge on any atom is -0.449 e. The Morgan fingerprint density at radius 2 is 1.40 bits per heavy atom. The van der Waals surface area contributed by atoms with Gasteiger partial charge in [0.05, 0.1) is 30.3 Å². The average molecular weight is 541 g/mol. The molecule has 2 amide bonds. The minimum atomic E-state index is -0.796. The molecule has 0 aliphatic carbocycles. The second kappa shape index (κ2) is 15.1. The lowest BCUT2D eigenvalue weighted by Crippen LogP contribution is -2.24. The molecule has 0 radical (unpaired) electrons. The molecule has 40 heavy (non-hydrogen) atoms. The Labute approximate surface area is 233 Å². The molecule has 206 valence electrons. The number of nitrogens with two attached hydrogens (primary N) is 1. The number of rotatable bonds is 14. The third kappa shape index (κ3) is 9.90. The number of aromatic nitrogens is 3. The van der Waals surface area contributed by atoms with Crippen LogP contribution in [0.15, 0.2) is 91.4 Å². The van der Waals surface area contributed by atoms with E-state index in [1.54, 1.807) is 30.7 Å². The molecule has 0 saturated heterocycles. The summed E-state index contributed by atoms with van der Waals surface area (Å²) in [5, 5.41) is 2.80. The highest BCUT2D eigenvalue weighted by atomic mass is 16.5. The zero-order valence-electron chi connectivity index (χ0n) is 22.1. The Balaban J connectivity index is 1.23. The summed E-state index contributed by atoms with van der Waals surface area (Å²) in [6, 6.07) is 23.0. The van der Waals surface area contributed by atoms with Crippen LogP contribution in [0.1, 0.15) is 28.2 Å². The normalized spacial score (nSPS) is 10.8. The van der Waals surface area contributed by atoms with Gasteiger partial charge in [-0.15, -0.1) is 0 Å². The SMILES string of the molecule is NC(=O)OCCc1ccc(NC(=O)COCc2ccc(CN(Cc3ccccn3)Cc3ccccn3)nc2)cc1. The number of anilines is 1. The summed E-state index contributed by atoms with van der Waals surface area (Å²) >= 11 is 0. The van der Waals surface area contributed by atoms with E-state index in [2.05, 4.69) is 25.2 Å². The third-order valence-corrected chi connectivity index (χ3v) is 5.87. The minimum absolute atomic E-state index is 0.0854. The summed E-state index contributed by atoms with van der Waals surface area (Å²) < 4.78 is 10.3. The topological polar surface area (TPSA) is 133 Å². The molecular weight excluding hydrogens is 508 g/mol. The van der Waals surface area contributed by atoms with E-state index in [-0.39, 0.29) is 25.7 Å². The van der Waals surface area contributed by atoms with E-state index in [1.807, 2.05) is 60.7 Å². The first-order valence-corrected chi connectivity index (χ1v) is 12.9. The number of hydrogen-bond acceptors (Lipinski definition) is 8. The Morgan fingerprint density at radius 1 is 0.775 bits per heavy atom. The van der Waals surface area contributed by atoms with Crippen molar-refractivity contribution < 1.29 is 19.1 Å². The molecule has 0 spiro atoms. The van der Waals surface area contributed by atoms with Crippen LogP contribution in [0.4, 0.5) is 10.5 Å². The Bertz CT molecular complexity index is 1300. The molecule has 0 aliphatic rings. The van der Waals surface area contributed by atoms with E-state index in [0.717, 1.165) is 28.2 Å². The predicted octanol–water partition coefficient (Wildman–Crippen LogP) is 3.87. The van der Waals surface area contributed by atoms with Crippen molar-refractivity contribution >= 4 is 17.7 Å². The fourth-order valence-corrected chi connectivity index (χ4v) is 3.96. The number of amides is 2. The van der Waals surface area contributed by atoms with Crippen LogP contribution in [0.2, 0.25) is 0 Å². The molecule has 0 aliphatic heterocycles. The maximum atomic E-state index is 12.3. The molecule has 0 fully saturated rings. The summed E-state index contributed by atoms with van der Waals surface area (Å²) in [4.78, 5) is 38.7. The summed E-state index contributed by atoms with van der Waals surface area (Å²) in [7, 11) is 0. The molecule has 0 bridgehead atoms. The highest BCUT2D eigenvalue weighted by Crippen LogP contribution is 2.13. The highest BCUT2D eigenvalue weighted by molar-refractivity contribution is 5.91. The standard InChI is InChI=1S/C30H32N6O4/c31-30(38)40-16-13-23-7-10-25(11-8-23)35-29(37)22-39-21-24-9-12-28(34-17-24)20-36(18-26-5-1-3-14-32-26)19-27-6-2-4-15-33-27/h1-12,14-15,17H,13,16,18-22H2,(H2,31,38)(H,35,37). The first-order valence-electron chi connectivity index (χ1n) is 12.9. The van der Waals surface area contributed by atoms with Gasteiger partial charge >= 0.3 is 6.09 Å². The summed E-state index contributed by atoms with van der Waals surface area (Å²) in [5.41, 5.74) is 10.3. The number of primary amides is 1. The fourth-order valence-electron chi connectivity index (χ4n) is 3.96. The lowest BCUT2D eigenvalue weighted by atomic mass is 10.1. The van der Waals surface area contributed by atoms with Crippen LogP contribution in [0.25, 0.3) is 0 Å². The Morgan fingerprint density at radius 3 is 1.95 bits per heavy atom. The molecule has 0 saturated carbocycles. The van der Waals surface area contributed by atoms with Gasteiger partial charge < -0.3 is 20.5 Å². The van der Waals surface area contributed by atoms with Gasteiger partial charge in [0, 0.05) is 50.3 Å². The van der Waals surface area contributed by atoms with Gasteiger partial charge in [-0.2, -0.15) is 0 Å². The van der Waals surface area contributed by atoms with Crippen molar-refractivity contribution in [2.45, 2.75) is 32.7 Å². The van der Waals surface area contributed by atoms with Gasteiger partial charge in [-0.3, -0.25) is 24.6 Å². The Kier molecular flexibility index (Phi) is 10.7. The Hall–Kier alpha value is -4.67. The molecule has 10 nitrogen and oxygen atoms in total. The number of hydrogen-bond donors (Lipinski definition) is 2. The lowest BCUT2D eigenvalue weighted by molar-refractivity contribution is -0.121. The quantitative estimate of drug-likeness (QED) is 0.246. The van der Waals surface area contributed by atoms with Gasteiger partial charge in [0.2, 0.25) is 5.91 Å². The first-order chi connectivity index (χ1) is 19.5. The van der Waals surface area contributed by atoms with Crippen LogP contribution >= 0.6 is 0 Å². The van der Waals surface area contributed by atoms with Gasteiger partial charge in [0.25, 0.3) is 0 Å². The predicted molar refractivity (Wildman–Crippen MR) is 150 cm³/mol. The molecule has 0 unspecified atom stereocenters. The summed E-state index contributed by atoms with van der Waals surface area (Å²) in [6.07, 6.45) is 5.11. The second-order valence-corrected chi connectivity index (χ2v) is 9.10. The van der Waals surface area contributed by atoms with Gasteiger partial charge in [-0.05, 0) is 53.6 Å². The molecular formula is C30H32N6O4. The van der Waals surface area contributed by atoms with E-state index in [0.29, 0.717) is 31.7 Å². The molecule has 3 aromatic heterocycles. The summed E-state index contributed by atoms with van der Waals surface area (Å²) in [5.74, 6) is -0.255. The van der Waals surface area contributed by atoms with Gasteiger partial charge in [-0.25, -0.2) is 4.79 Å². The van der Waals surface area contributed by atoms with Crippen molar-refractivity contribution in [2.24, 2.45) is 5.73 Å². The summed E-state index contributed by atoms with van der Waals surface area (Å²) in [6.45, 7) is 2.37.